The first-order chi connectivity index (χ1) is 10.7. The average molecular weight is 295 g/mol. The van der Waals surface area contributed by atoms with Crippen molar-refractivity contribution in [2.45, 2.75) is 32.0 Å². The second-order valence-corrected chi connectivity index (χ2v) is 5.93. The van der Waals surface area contributed by atoms with Gasteiger partial charge in [-0.25, -0.2) is 0 Å². The molecule has 0 fully saturated rings. The van der Waals surface area contributed by atoms with Crippen LogP contribution in [0, 0.1) is 0 Å². The van der Waals surface area contributed by atoms with E-state index < -0.39 is 6.10 Å². The molecule has 1 atom stereocenters. The molecular weight excluding hydrogens is 278 g/mol. The van der Waals surface area contributed by atoms with E-state index in [1.807, 2.05) is 18.2 Å². The maximum atomic E-state index is 12.1. The number of ketones is 1. The van der Waals surface area contributed by atoms with E-state index in [0.717, 1.165) is 46.2 Å². The number of rotatable bonds is 1. The van der Waals surface area contributed by atoms with E-state index in [4.69, 9.17) is 4.74 Å². The van der Waals surface area contributed by atoms with Crippen LogP contribution < -0.4 is 0 Å². The molecule has 1 aliphatic carbocycles. The number of hydrogen-bond donors (Lipinski definition) is 1. The summed E-state index contributed by atoms with van der Waals surface area (Å²) in [6, 6.07) is 6.05. The van der Waals surface area contributed by atoms with Gasteiger partial charge < -0.3 is 9.84 Å². The molecule has 1 unspecified atom stereocenters. The molecule has 0 bridgehead atoms. The smallest absolute Gasteiger partial charge is 0.163 e. The highest BCUT2D eigenvalue weighted by molar-refractivity contribution is 5.99. The first kappa shape index (κ1) is 13.6. The molecule has 112 valence electrons. The van der Waals surface area contributed by atoms with Crippen LogP contribution in [0.15, 0.2) is 30.6 Å². The summed E-state index contributed by atoms with van der Waals surface area (Å²) in [6.45, 7) is 0.774. The third-order valence-electron chi connectivity index (χ3n) is 4.54. The summed E-state index contributed by atoms with van der Waals surface area (Å²) in [7, 11) is 0. The van der Waals surface area contributed by atoms with Crippen LogP contribution in [0.2, 0.25) is 0 Å². The van der Waals surface area contributed by atoms with Crippen LogP contribution in [0.4, 0.5) is 0 Å². The Bertz CT molecular complexity index is 754. The van der Waals surface area contributed by atoms with Crippen LogP contribution in [-0.4, -0.2) is 22.5 Å². The van der Waals surface area contributed by atoms with Gasteiger partial charge in [0.1, 0.15) is 6.10 Å². The first-order valence-electron chi connectivity index (χ1n) is 7.63. The molecule has 0 saturated heterocycles. The van der Waals surface area contributed by atoms with Crippen molar-refractivity contribution in [3.05, 3.63) is 52.8 Å². The Labute approximate surface area is 128 Å². The molecule has 2 heterocycles. The highest BCUT2D eigenvalue weighted by atomic mass is 16.5. The van der Waals surface area contributed by atoms with Crippen LogP contribution in [-0.2, 0) is 17.8 Å². The summed E-state index contributed by atoms with van der Waals surface area (Å²) < 4.78 is 5.46. The number of ether oxygens (including phenoxy) is 1. The van der Waals surface area contributed by atoms with Crippen LogP contribution >= 0.6 is 0 Å². The maximum absolute atomic E-state index is 12.1. The molecule has 1 N–H and O–H groups in total. The summed E-state index contributed by atoms with van der Waals surface area (Å²) in [5, 5.41) is 10.0. The van der Waals surface area contributed by atoms with Gasteiger partial charge in [-0.1, -0.05) is 12.1 Å². The lowest BCUT2D eigenvalue weighted by Crippen LogP contribution is -2.17. The minimum atomic E-state index is -0.629. The lowest BCUT2D eigenvalue weighted by atomic mass is 9.87. The summed E-state index contributed by atoms with van der Waals surface area (Å²) in [6.07, 6.45) is 5.39. The van der Waals surface area contributed by atoms with Crippen molar-refractivity contribution in [1.29, 1.82) is 0 Å². The Balaban J connectivity index is 1.85. The largest absolute Gasteiger partial charge is 0.386 e. The fourth-order valence-electron chi connectivity index (χ4n) is 3.36. The van der Waals surface area contributed by atoms with E-state index in [-0.39, 0.29) is 5.78 Å². The molecule has 0 radical (unpaired) electrons. The SMILES string of the molecule is O=C1CCCc2ccc(-c3cncc4c3COCC4O)cc21. The van der Waals surface area contributed by atoms with Gasteiger partial charge in [0.05, 0.1) is 13.2 Å². The lowest BCUT2D eigenvalue weighted by molar-refractivity contribution is 0.00981. The summed E-state index contributed by atoms with van der Waals surface area (Å²) in [5.74, 6) is 0.220. The van der Waals surface area contributed by atoms with Gasteiger partial charge in [0, 0.05) is 35.5 Å². The van der Waals surface area contributed by atoms with Crippen molar-refractivity contribution >= 4 is 5.78 Å². The van der Waals surface area contributed by atoms with Crippen LogP contribution in [0.3, 0.4) is 0 Å². The molecule has 2 aliphatic rings. The zero-order valence-electron chi connectivity index (χ0n) is 12.2. The Morgan fingerprint density at radius 2 is 2.09 bits per heavy atom. The Morgan fingerprint density at radius 1 is 1.18 bits per heavy atom. The third-order valence-corrected chi connectivity index (χ3v) is 4.54. The van der Waals surface area contributed by atoms with Crippen molar-refractivity contribution < 1.29 is 14.6 Å². The molecule has 1 aliphatic heterocycles. The van der Waals surface area contributed by atoms with Gasteiger partial charge in [-0.3, -0.25) is 9.78 Å². The number of Topliss-reactive ketones (excluding diaryl/α,β-unsaturated/α-hetero) is 1. The standard InChI is InChI=1S/C18H17NO3/c20-17-3-1-2-11-4-5-12(6-13(11)17)14-7-19-8-15-16(14)9-22-10-18(15)21/h4-8,18,21H,1-3,9-10H2. The van der Waals surface area contributed by atoms with Gasteiger partial charge in [0.25, 0.3) is 0 Å². The zero-order chi connectivity index (χ0) is 15.1. The van der Waals surface area contributed by atoms with E-state index in [1.165, 1.54) is 0 Å². The summed E-state index contributed by atoms with van der Waals surface area (Å²) in [5.41, 5.74) is 5.67. The van der Waals surface area contributed by atoms with Crippen molar-refractivity contribution in [2.24, 2.45) is 0 Å². The number of aryl methyl sites for hydroxylation is 1. The second-order valence-electron chi connectivity index (χ2n) is 5.93. The number of nitrogens with zero attached hydrogens (tertiary/aromatic N) is 1. The number of aliphatic hydroxyl groups is 1. The third kappa shape index (κ3) is 2.16. The highest BCUT2D eigenvalue weighted by Gasteiger charge is 2.23. The number of carbonyl (C=O) groups is 1. The number of pyridine rings is 1. The zero-order valence-corrected chi connectivity index (χ0v) is 12.2. The lowest BCUT2D eigenvalue weighted by Gasteiger charge is -2.24. The van der Waals surface area contributed by atoms with Crippen LogP contribution in [0.25, 0.3) is 11.1 Å². The topological polar surface area (TPSA) is 59.4 Å². The average Bonchev–Trinajstić information content (AvgIpc) is 2.55. The fourth-order valence-corrected chi connectivity index (χ4v) is 3.36. The van der Waals surface area contributed by atoms with Crippen LogP contribution in [0.5, 0.6) is 0 Å². The van der Waals surface area contributed by atoms with Gasteiger partial charge in [0.2, 0.25) is 0 Å². The molecule has 4 rings (SSSR count). The Hall–Kier alpha value is -2.04. The molecule has 1 aromatic heterocycles. The second kappa shape index (κ2) is 5.30. The van der Waals surface area contributed by atoms with Crippen molar-refractivity contribution in [3.8, 4) is 11.1 Å². The fraction of sp³-hybridized carbons (Fsp3) is 0.333. The van der Waals surface area contributed by atoms with Gasteiger partial charge in [0.15, 0.2) is 5.78 Å². The van der Waals surface area contributed by atoms with E-state index in [0.29, 0.717) is 19.6 Å². The number of fused-ring (bicyclic) bond motifs is 2. The highest BCUT2D eigenvalue weighted by Crippen LogP contribution is 2.34. The Morgan fingerprint density at radius 3 is 3.00 bits per heavy atom. The molecular formula is C18H17NO3. The number of benzene rings is 1. The number of carbonyl (C=O) groups excluding carboxylic acids is 1. The van der Waals surface area contributed by atoms with E-state index in [1.54, 1.807) is 12.4 Å². The minimum Gasteiger partial charge on any atom is -0.386 e. The summed E-state index contributed by atoms with van der Waals surface area (Å²) in [4.78, 5) is 16.4. The van der Waals surface area contributed by atoms with Crippen molar-refractivity contribution in [3.63, 3.8) is 0 Å². The quantitative estimate of drug-likeness (QED) is 0.879. The number of hydrogen-bond acceptors (Lipinski definition) is 4. The van der Waals surface area contributed by atoms with Gasteiger partial charge >= 0.3 is 0 Å². The minimum absolute atomic E-state index is 0.220. The molecule has 2 aromatic rings. The molecule has 0 saturated carbocycles. The molecule has 0 amide bonds. The van der Waals surface area contributed by atoms with Crippen LogP contribution in [0.1, 0.15) is 46.0 Å². The van der Waals surface area contributed by atoms with Gasteiger partial charge in [-0.15, -0.1) is 0 Å². The van der Waals surface area contributed by atoms with E-state index >= 15 is 0 Å². The molecule has 4 heteroatoms. The van der Waals surface area contributed by atoms with E-state index in [9.17, 15) is 9.90 Å². The van der Waals surface area contributed by atoms with E-state index in [2.05, 4.69) is 4.98 Å². The predicted molar refractivity (Wildman–Crippen MR) is 81.6 cm³/mol. The van der Waals surface area contributed by atoms with Crippen molar-refractivity contribution in [1.82, 2.24) is 4.98 Å². The Kier molecular flexibility index (Phi) is 3.28. The predicted octanol–water partition coefficient (Wildman–Crippen LogP) is 2.83. The first-order valence-corrected chi connectivity index (χ1v) is 7.63. The molecule has 1 aromatic carbocycles. The van der Waals surface area contributed by atoms with Gasteiger partial charge in [-0.2, -0.15) is 0 Å². The molecule has 4 nitrogen and oxygen atoms in total. The molecule has 22 heavy (non-hydrogen) atoms. The maximum Gasteiger partial charge on any atom is 0.163 e. The number of aromatic nitrogens is 1. The normalized spacial score (nSPS) is 20.4. The number of aliphatic hydroxyl groups excluding tert-OH is 1. The van der Waals surface area contributed by atoms with Gasteiger partial charge in [-0.05, 0) is 35.6 Å². The van der Waals surface area contributed by atoms with Crippen molar-refractivity contribution in [2.75, 3.05) is 6.61 Å². The summed E-state index contributed by atoms with van der Waals surface area (Å²) >= 11 is 0. The monoisotopic (exact) mass is 295 g/mol. The molecule has 0 spiro atoms.